The summed E-state index contributed by atoms with van der Waals surface area (Å²) in [5, 5.41) is 8.87. The van der Waals surface area contributed by atoms with E-state index >= 15 is 0 Å². The fourth-order valence-corrected chi connectivity index (χ4v) is 4.13. The Morgan fingerprint density at radius 1 is 1.56 bits per heavy atom. The van der Waals surface area contributed by atoms with Gasteiger partial charge >= 0.3 is 6.09 Å². The van der Waals surface area contributed by atoms with Crippen molar-refractivity contribution in [1.29, 1.82) is 0 Å². The molecular weight excluding hydrogens is 290 g/mol. The van der Waals surface area contributed by atoms with Crippen LogP contribution in [0.4, 0.5) is 4.79 Å². The first-order valence-corrected chi connectivity index (χ1v) is 6.92. The normalized spacial score (nSPS) is 17.8. The minimum atomic E-state index is -0.789. The Morgan fingerprint density at radius 2 is 2.19 bits per heavy atom. The largest absolute Gasteiger partial charge is 0.465 e. The van der Waals surface area contributed by atoms with Crippen molar-refractivity contribution in [2.24, 2.45) is 0 Å². The molecule has 1 N–H and O–H groups in total. The van der Waals surface area contributed by atoms with E-state index in [4.69, 9.17) is 5.11 Å². The van der Waals surface area contributed by atoms with E-state index in [0.717, 1.165) is 12.8 Å². The monoisotopic (exact) mass is 303 g/mol. The molecule has 1 amide bonds. The van der Waals surface area contributed by atoms with Crippen LogP contribution in [0.2, 0.25) is 0 Å². The third kappa shape index (κ3) is 2.40. The van der Waals surface area contributed by atoms with Crippen LogP contribution in [0.5, 0.6) is 0 Å². The summed E-state index contributed by atoms with van der Waals surface area (Å²) in [6, 6.07) is 2.14. The first-order valence-electron chi connectivity index (χ1n) is 5.31. The standard InChI is InChI=1S/C11H14BrNO2S/c1-7-6-9(12)16-10(7)8-2-4-13(5-3-8)11(14)15/h6,8H,2-5H2,1H3,(H,14,15). The van der Waals surface area contributed by atoms with E-state index in [1.165, 1.54) is 19.1 Å². The zero-order chi connectivity index (χ0) is 11.7. The van der Waals surface area contributed by atoms with Gasteiger partial charge in [0.2, 0.25) is 0 Å². The minimum absolute atomic E-state index is 0.534. The van der Waals surface area contributed by atoms with Crippen LogP contribution in [-0.2, 0) is 0 Å². The molecule has 1 aromatic rings. The number of rotatable bonds is 1. The van der Waals surface area contributed by atoms with Gasteiger partial charge in [-0.15, -0.1) is 11.3 Å². The van der Waals surface area contributed by atoms with Crippen LogP contribution in [0, 0.1) is 6.92 Å². The number of amides is 1. The van der Waals surface area contributed by atoms with Gasteiger partial charge in [-0.3, -0.25) is 0 Å². The first-order chi connectivity index (χ1) is 7.58. The second-order valence-corrected chi connectivity index (χ2v) is 6.60. The van der Waals surface area contributed by atoms with Crippen molar-refractivity contribution in [3.8, 4) is 0 Å². The van der Waals surface area contributed by atoms with E-state index in [2.05, 4.69) is 28.9 Å². The molecule has 0 aliphatic carbocycles. The van der Waals surface area contributed by atoms with Gasteiger partial charge in [0, 0.05) is 18.0 Å². The molecule has 0 unspecified atom stereocenters. The Bertz CT molecular complexity index is 397. The molecule has 3 nitrogen and oxygen atoms in total. The third-order valence-electron chi connectivity index (χ3n) is 3.06. The summed E-state index contributed by atoms with van der Waals surface area (Å²) in [5.41, 5.74) is 1.32. The number of hydrogen-bond donors (Lipinski definition) is 1. The van der Waals surface area contributed by atoms with E-state index in [1.807, 2.05) is 0 Å². The highest BCUT2D eigenvalue weighted by molar-refractivity contribution is 9.11. The fraction of sp³-hybridized carbons (Fsp3) is 0.545. The van der Waals surface area contributed by atoms with Gasteiger partial charge in [-0.05, 0) is 53.2 Å². The maximum atomic E-state index is 10.8. The fourth-order valence-electron chi connectivity index (χ4n) is 2.19. The molecule has 0 aromatic carbocycles. The highest BCUT2D eigenvalue weighted by Gasteiger charge is 2.25. The van der Waals surface area contributed by atoms with Crippen molar-refractivity contribution in [2.45, 2.75) is 25.7 Å². The van der Waals surface area contributed by atoms with E-state index in [0.29, 0.717) is 19.0 Å². The molecule has 1 aromatic heterocycles. The number of hydrogen-bond acceptors (Lipinski definition) is 2. The lowest BCUT2D eigenvalue weighted by Gasteiger charge is -2.29. The topological polar surface area (TPSA) is 40.5 Å². The first kappa shape index (κ1) is 11.9. The molecule has 1 aliphatic rings. The third-order valence-corrected chi connectivity index (χ3v) is 4.96. The smallest absolute Gasteiger partial charge is 0.407 e. The van der Waals surface area contributed by atoms with Gasteiger partial charge in [-0.25, -0.2) is 4.79 Å². The number of halogens is 1. The number of aryl methyl sites for hydroxylation is 1. The molecule has 1 fully saturated rings. The van der Waals surface area contributed by atoms with E-state index in [1.54, 1.807) is 11.3 Å². The maximum Gasteiger partial charge on any atom is 0.407 e. The summed E-state index contributed by atoms with van der Waals surface area (Å²) in [7, 11) is 0. The van der Waals surface area contributed by atoms with Crippen LogP contribution in [0.3, 0.4) is 0 Å². The zero-order valence-electron chi connectivity index (χ0n) is 9.07. The molecule has 1 saturated heterocycles. The van der Waals surface area contributed by atoms with Crippen LogP contribution >= 0.6 is 27.3 Å². The highest BCUT2D eigenvalue weighted by Crippen LogP contribution is 2.37. The SMILES string of the molecule is Cc1cc(Br)sc1C1CCN(C(=O)O)CC1. The molecule has 0 saturated carbocycles. The van der Waals surface area contributed by atoms with Crippen molar-refractivity contribution < 1.29 is 9.90 Å². The predicted molar refractivity (Wildman–Crippen MR) is 68.3 cm³/mol. The molecule has 1 aliphatic heterocycles. The second kappa shape index (κ2) is 4.75. The lowest BCUT2D eigenvalue weighted by molar-refractivity contribution is 0.132. The van der Waals surface area contributed by atoms with Crippen molar-refractivity contribution in [3.63, 3.8) is 0 Å². The molecule has 2 rings (SSSR count). The van der Waals surface area contributed by atoms with Crippen LogP contribution in [0.25, 0.3) is 0 Å². The van der Waals surface area contributed by atoms with Crippen LogP contribution in [-0.4, -0.2) is 29.2 Å². The minimum Gasteiger partial charge on any atom is -0.465 e. The second-order valence-electron chi connectivity index (χ2n) is 4.14. The molecule has 88 valence electrons. The average molecular weight is 304 g/mol. The van der Waals surface area contributed by atoms with Crippen molar-refractivity contribution in [1.82, 2.24) is 4.90 Å². The molecule has 2 heterocycles. The summed E-state index contributed by atoms with van der Waals surface area (Å²) in [4.78, 5) is 13.7. The van der Waals surface area contributed by atoms with Crippen LogP contribution in [0.1, 0.15) is 29.2 Å². The Morgan fingerprint density at radius 3 is 2.62 bits per heavy atom. The van der Waals surface area contributed by atoms with E-state index in [-0.39, 0.29) is 0 Å². The summed E-state index contributed by atoms with van der Waals surface area (Å²) in [5.74, 6) is 0.534. The molecule has 0 atom stereocenters. The lowest BCUT2D eigenvalue weighted by Crippen LogP contribution is -2.36. The van der Waals surface area contributed by atoms with Gasteiger partial charge in [0.05, 0.1) is 3.79 Å². The molecule has 5 heteroatoms. The summed E-state index contributed by atoms with van der Waals surface area (Å²) >= 11 is 5.28. The van der Waals surface area contributed by atoms with E-state index in [9.17, 15) is 4.79 Å². The van der Waals surface area contributed by atoms with Crippen molar-refractivity contribution in [3.05, 3.63) is 20.3 Å². The summed E-state index contributed by atoms with van der Waals surface area (Å²) in [6.45, 7) is 3.45. The van der Waals surface area contributed by atoms with Gasteiger partial charge in [0.25, 0.3) is 0 Å². The summed E-state index contributed by atoms with van der Waals surface area (Å²) < 4.78 is 1.17. The number of piperidine rings is 1. The Balaban J connectivity index is 2.04. The highest BCUT2D eigenvalue weighted by atomic mass is 79.9. The Hall–Kier alpha value is -0.550. The molecule has 0 bridgehead atoms. The number of carboxylic acid groups (broad SMARTS) is 1. The van der Waals surface area contributed by atoms with Gasteiger partial charge in [-0.2, -0.15) is 0 Å². The number of carbonyl (C=O) groups is 1. The lowest BCUT2D eigenvalue weighted by atomic mass is 9.93. The number of likely N-dealkylation sites (tertiary alicyclic amines) is 1. The number of thiophene rings is 1. The van der Waals surface area contributed by atoms with Gasteiger partial charge in [0.15, 0.2) is 0 Å². The van der Waals surface area contributed by atoms with Crippen molar-refractivity contribution >= 4 is 33.4 Å². The summed E-state index contributed by atoms with van der Waals surface area (Å²) in [6.07, 6.45) is 1.10. The molecule has 0 radical (unpaired) electrons. The number of nitrogens with zero attached hydrogens (tertiary/aromatic N) is 1. The van der Waals surface area contributed by atoms with Gasteiger partial charge in [-0.1, -0.05) is 0 Å². The van der Waals surface area contributed by atoms with E-state index < -0.39 is 6.09 Å². The average Bonchev–Trinajstić information content (AvgIpc) is 2.58. The van der Waals surface area contributed by atoms with Gasteiger partial charge < -0.3 is 10.0 Å². The predicted octanol–water partition coefficient (Wildman–Crippen LogP) is 3.68. The van der Waals surface area contributed by atoms with Gasteiger partial charge in [0.1, 0.15) is 0 Å². The van der Waals surface area contributed by atoms with Crippen molar-refractivity contribution in [2.75, 3.05) is 13.1 Å². The maximum absolute atomic E-state index is 10.8. The molecule has 16 heavy (non-hydrogen) atoms. The van der Waals surface area contributed by atoms with Crippen LogP contribution < -0.4 is 0 Å². The molecule has 0 spiro atoms. The van der Waals surface area contributed by atoms with Crippen LogP contribution in [0.15, 0.2) is 9.85 Å². The Labute approximate surface area is 107 Å². The quantitative estimate of drug-likeness (QED) is 0.860. The molecular formula is C11H14BrNO2S. The zero-order valence-corrected chi connectivity index (χ0v) is 11.5. The Kier molecular flexibility index (Phi) is 3.54.